The number of aromatic nitrogens is 4. The molecule has 0 saturated carbocycles. The first kappa shape index (κ1) is 18.9. The lowest BCUT2D eigenvalue weighted by Gasteiger charge is -2.10. The van der Waals surface area contributed by atoms with Gasteiger partial charge in [-0.1, -0.05) is 18.2 Å². The van der Waals surface area contributed by atoms with Gasteiger partial charge in [-0.2, -0.15) is 5.10 Å². The molecule has 3 heterocycles. The zero-order valence-electron chi connectivity index (χ0n) is 15.9. The third-order valence-corrected chi connectivity index (χ3v) is 4.90. The molecule has 0 aliphatic rings. The lowest BCUT2D eigenvalue weighted by Crippen LogP contribution is -2.12. The Morgan fingerprint density at radius 3 is 2.72 bits per heavy atom. The molecule has 29 heavy (non-hydrogen) atoms. The van der Waals surface area contributed by atoms with Crippen LogP contribution < -0.4 is 0 Å². The average molecular weight is 406 g/mol. The predicted molar refractivity (Wildman–Crippen MR) is 109 cm³/mol. The Labute approximate surface area is 171 Å². The van der Waals surface area contributed by atoms with Crippen molar-refractivity contribution in [3.63, 3.8) is 0 Å². The van der Waals surface area contributed by atoms with Crippen molar-refractivity contribution < 1.29 is 13.9 Å². The minimum atomic E-state index is -0.467. The molecule has 0 fully saturated rings. The van der Waals surface area contributed by atoms with Crippen LogP contribution in [-0.4, -0.2) is 32.0 Å². The standard InChI is InChI=1S/C21H18N4O3S/c1-14-18(20(29-2)24-19(23-14)17-9-6-10-27-17)21(26)28-13-15-11-22-25(12-15)16-7-4-3-5-8-16/h3-12H,13H2,1-2H3. The molecule has 0 aliphatic heterocycles. The van der Waals surface area contributed by atoms with Gasteiger partial charge in [0.05, 0.1) is 23.8 Å². The van der Waals surface area contributed by atoms with Gasteiger partial charge in [0.25, 0.3) is 0 Å². The van der Waals surface area contributed by atoms with Gasteiger partial charge in [-0.05, 0) is 37.4 Å². The quantitative estimate of drug-likeness (QED) is 0.268. The maximum atomic E-state index is 12.7. The summed E-state index contributed by atoms with van der Waals surface area (Å²) < 4.78 is 12.6. The van der Waals surface area contributed by atoms with Gasteiger partial charge in [0.2, 0.25) is 0 Å². The van der Waals surface area contributed by atoms with Crippen molar-refractivity contribution in [2.45, 2.75) is 18.6 Å². The van der Waals surface area contributed by atoms with Gasteiger partial charge in [-0.25, -0.2) is 19.4 Å². The second-order valence-corrected chi connectivity index (χ2v) is 6.99. The first-order valence-corrected chi connectivity index (χ1v) is 10.1. The van der Waals surface area contributed by atoms with Gasteiger partial charge in [0.15, 0.2) is 11.6 Å². The second kappa shape index (κ2) is 8.32. The summed E-state index contributed by atoms with van der Waals surface area (Å²) in [6.45, 7) is 1.87. The molecule has 0 atom stereocenters. The molecule has 0 radical (unpaired) electrons. The van der Waals surface area contributed by atoms with E-state index in [-0.39, 0.29) is 6.61 Å². The van der Waals surface area contributed by atoms with Gasteiger partial charge >= 0.3 is 5.97 Å². The monoisotopic (exact) mass is 406 g/mol. The number of carbonyl (C=O) groups excluding carboxylic acids is 1. The van der Waals surface area contributed by atoms with Crippen LogP contribution in [0.1, 0.15) is 21.6 Å². The van der Waals surface area contributed by atoms with Crippen LogP contribution in [0, 0.1) is 6.92 Å². The number of nitrogens with zero attached hydrogens (tertiary/aromatic N) is 4. The van der Waals surface area contributed by atoms with Crippen molar-refractivity contribution in [2.24, 2.45) is 0 Å². The molecule has 0 amide bonds. The summed E-state index contributed by atoms with van der Waals surface area (Å²) in [5, 5.41) is 4.86. The van der Waals surface area contributed by atoms with E-state index in [1.54, 1.807) is 36.2 Å². The van der Waals surface area contributed by atoms with Crippen molar-refractivity contribution in [1.82, 2.24) is 19.7 Å². The summed E-state index contributed by atoms with van der Waals surface area (Å²) in [7, 11) is 0. The largest absolute Gasteiger partial charge is 0.461 e. The smallest absolute Gasteiger partial charge is 0.343 e. The number of furan rings is 1. The van der Waals surface area contributed by atoms with Crippen molar-refractivity contribution in [3.05, 3.63) is 77.9 Å². The highest BCUT2D eigenvalue weighted by Crippen LogP contribution is 2.26. The number of esters is 1. The summed E-state index contributed by atoms with van der Waals surface area (Å²) in [6.07, 6.45) is 6.93. The highest BCUT2D eigenvalue weighted by molar-refractivity contribution is 7.98. The predicted octanol–water partition coefficient (Wildman–Crippen LogP) is 4.31. The minimum Gasteiger partial charge on any atom is -0.461 e. The Kier molecular flexibility index (Phi) is 5.44. The van der Waals surface area contributed by atoms with E-state index in [1.165, 1.54) is 11.8 Å². The van der Waals surface area contributed by atoms with Gasteiger partial charge < -0.3 is 9.15 Å². The van der Waals surface area contributed by atoms with Crippen LogP contribution in [-0.2, 0) is 11.3 Å². The summed E-state index contributed by atoms with van der Waals surface area (Å²) in [6, 6.07) is 13.3. The Morgan fingerprint density at radius 1 is 1.17 bits per heavy atom. The highest BCUT2D eigenvalue weighted by atomic mass is 32.2. The molecule has 0 aliphatic carbocycles. The number of thioether (sulfide) groups is 1. The Bertz CT molecular complexity index is 1120. The Morgan fingerprint density at radius 2 is 2.00 bits per heavy atom. The topological polar surface area (TPSA) is 83.0 Å². The molecule has 146 valence electrons. The van der Waals surface area contributed by atoms with E-state index in [1.807, 2.05) is 42.8 Å². The molecule has 0 unspecified atom stereocenters. The number of aryl methyl sites for hydroxylation is 1. The number of para-hydroxylation sites is 1. The molecule has 4 aromatic rings. The zero-order valence-corrected chi connectivity index (χ0v) is 16.7. The van der Waals surface area contributed by atoms with Gasteiger partial charge in [-0.15, -0.1) is 11.8 Å². The highest BCUT2D eigenvalue weighted by Gasteiger charge is 2.21. The molecule has 0 spiro atoms. The van der Waals surface area contributed by atoms with Crippen molar-refractivity contribution in [2.75, 3.05) is 6.26 Å². The number of benzene rings is 1. The van der Waals surface area contributed by atoms with E-state index < -0.39 is 5.97 Å². The third kappa shape index (κ3) is 4.07. The fraction of sp³-hybridized carbons (Fsp3) is 0.143. The summed E-state index contributed by atoms with van der Waals surface area (Å²) >= 11 is 1.36. The number of ether oxygens (including phenoxy) is 1. The molecular formula is C21H18N4O3S. The van der Waals surface area contributed by atoms with E-state index in [2.05, 4.69) is 15.1 Å². The number of rotatable bonds is 6. The van der Waals surface area contributed by atoms with Gasteiger partial charge in [0, 0.05) is 11.8 Å². The van der Waals surface area contributed by atoms with Crippen molar-refractivity contribution in [1.29, 1.82) is 0 Å². The van der Waals surface area contributed by atoms with Crippen LogP contribution in [0.25, 0.3) is 17.3 Å². The summed E-state index contributed by atoms with van der Waals surface area (Å²) in [4.78, 5) is 21.6. The first-order valence-electron chi connectivity index (χ1n) is 8.88. The normalized spacial score (nSPS) is 10.8. The van der Waals surface area contributed by atoms with Crippen LogP contribution in [0.5, 0.6) is 0 Å². The molecule has 0 saturated heterocycles. The maximum absolute atomic E-state index is 12.7. The number of carbonyl (C=O) groups is 1. The van der Waals surface area contributed by atoms with Crippen molar-refractivity contribution in [3.8, 4) is 17.3 Å². The van der Waals surface area contributed by atoms with Crippen LogP contribution in [0.2, 0.25) is 0 Å². The fourth-order valence-electron chi connectivity index (χ4n) is 2.82. The Balaban J connectivity index is 1.51. The van der Waals surface area contributed by atoms with E-state index in [0.717, 1.165) is 11.3 Å². The van der Waals surface area contributed by atoms with Crippen LogP contribution in [0.15, 0.2) is 70.6 Å². The third-order valence-electron chi connectivity index (χ3n) is 4.22. The molecular weight excluding hydrogens is 388 g/mol. The summed E-state index contributed by atoms with van der Waals surface area (Å²) in [5.74, 6) is 0.527. The van der Waals surface area contributed by atoms with Crippen LogP contribution >= 0.6 is 11.8 Å². The van der Waals surface area contributed by atoms with E-state index in [0.29, 0.717) is 27.9 Å². The maximum Gasteiger partial charge on any atom is 0.343 e. The van der Waals surface area contributed by atoms with E-state index in [4.69, 9.17) is 9.15 Å². The van der Waals surface area contributed by atoms with Crippen LogP contribution in [0.4, 0.5) is 0 Å². The molecule has 7 nitrogen and oxygen atoms in total. The fourth-order valence-corrected chi connectivity index (χ4v) is 3.44. The number of hydrogen-bond donors (Lipinski definition) is 0. The second-order valence-electron chi connectivity index (χ2n) is 6.20. The lowest BCUT2D eigenvalue weighted by molar-refractivity contribution is 0.0466. The molecule has 4 rings (SSSR count). The molecule has 3 aromatic heterocycles. The van der Waals surface area contributed by atoms with E-state index >= 15 is 0 Å². The van der Waals surface area contributed by atoms with Crippen molar-refractivity contribution >= 4 is 17.7 Å². The first-order chi connectivity index (χ1) is 14.2. The lowest BCUT2D eigenvalue weighted by atomic mass is 10.2. The molecule has 0 bridgehead atoms. The van der Waals surface area contributed by atoms with Gasteiger partial charge in [-0.3, -0.25) is 0 Å². The summed E-state index contributed by atoms with van der Waals surface area (Å²) in [5.41, 5.74) is 2.63. The Hall–Kier alpha value is -3.39. The minimum absolute atomic E-state index is 0.110. The average Bonchev–Trinajstić information content (AvgIpc) is 3.44. The van der Waals surface area contributed by atoms with E-state index in [9.17, 15) is 4.79 Å². The zero-order chi connectivity index (χ0) is 20.2. The molecule has 0 N–H and O–H groups in total. The number of hydrogen-bond acceptors (Lipinski definition) is 7. The molecule has 8 heteroatoms. The van der Waals surface area contributed by atoms with Gasteiger partial charge in [0.1, 0.15) is 17.2 Å². The molecule has 1 aromatic carbocycles. The van der Waals surface area contributed by atoms with Crippen LogP contribution in [0.3, 0.4) is 0 Å². The SMILES string of the molecule is CSc1nc(-c2ccco2)nc(C)c1C(=O)OCc1cnn(-c2ccccc2)c1.